The molecule has 1 atom stereocenters. The molecule has 1 N–H and O–H groups in total. The number of nitrogens with zero attached hydrogens (tertiary/aromatic N) is 2. The molecule has 0 aromatic carbocycles. The Kier molecular flexibility index (Phi) is 3.08. The van der Waals surface area contributed by atoms with Crippen LogP contribution in [-0.4, -0.2) is 41.3 Å². The largest absolute Gasteiger partial charge is 0.346 e. The minimum atomic E-state index is -0.221. The summed E-state index contributed by atoms with van der Waals surface area (Å²) < 4.78 is 0. The number of likely N-dealkylation sites (tertiary alicyclic amines) is 1. The summed E-state index contributed by atoms with van der Waals surface area (Å²) >= 11 is 0. The van der Waals surface area contributed by atoms with E-state index in [1.807, 2.05) is 13.0 Å². The number of rotatable bonds is 2. The Hall–Kier alpha value is -1.91. The van der Waals surface area contributed by atoms with Crippen LogP contribution < -0.4 is 5.32 Å². The lowest BCUT2D eigenvalue weighted by atomic mass is 10.2. The van der Waals surface area contributed by atoms with E-state index in [0.29, 0.717) is 18.7 Å². The Balaban J connectivity index is 2.01. The molecule has 1 aromatic rings. The van der Waals surface area contributed by atoms with Gasteiger partial charge in [0.1, 0.15) is 5.69 Å². The molecular formula is C12H15N3O2. The average molecular weight is 233 g/mol. The van der Waals surface area contributed by atoms with Gasteiger partial charge in [0.15, 0.2) is 0 Å². The third-order valence-electron chi connectivity index (χ3n) is 2.80. The first kappa shape index (κ1) is 11.6. The first-order valence-electron chi connectivity index (χ1n) is 5.55. The summed E-state index contributed by atoms with van der Waals surface area (Å²) in [5.41, 5.74) is 1.20. The molecule has 0 saturated carbocycles. The number of carbonyl (C=O) groups excluding carboxylic acids is 2. The predicted molar refractivity (Wildman–Crippen MR) is 62.5 cm³/mol. The zero-order valence-corrected chi connectivity index (χ0v) is 9.93. The van der Waals surface area contributed by atoms with Crippen LogP contribution in [0.4, 0.5) is 0 Å². The summed E-state index contributed by atoms with van der Waals surface area (Å²) in [5.74, 6) is -0.158. The van der Waals surface area contributed by atoms with Crippen molar-refractivity contribution in [3.05, 3.63) is 29.6 Å². The van der Waals surface area contributed by atoms with Crippen LogP contribution in [0.5, 0.6) is 0 Å². The zero-order chi connectivity index (χ0) is 12.4. The molecule has 5 heteroatoms. The van der Waals surface area contributed by atoms with Crippen molar-refractivity contribution in [2.75, 3.05) is 13.6 Å². The number of likely N-dealkylation sites (N-methyl/N-ethyl adjacent to an activating group) is 1. The topological polar surface area (TPSA) is 62.3 Å². The van der Waals surface area contributed by atoms with E-state index in [9.17, 15) is 9.59 Å². The number of hydrogen-bond donors (Lipinski definition) is 1. The van der Waals surface area contributed by atoms with E-state index < -0.39 is 0 Å². The van der Waals surface area contributed by atoms with Crippen molar-refractivity contribution in [3.63, 3.8) is 0 Å². The van der Waals surface area contributed by atoms with Gasteiger partial charge in [-0.3, -0.25) is 9.59 Å². The highest BCUT2D eigenvalue weighted by molar-refractivity contribution is 5.93. The third kappa shape index (κ3) is 2.61. The molecule has 0 spiro atoms. The predicted octanol–water partition coefficient (Wildman–Crippen LogP) is 0.351. The molecule has 2 amide bonds. The highest BCUT2D eigenvalue weighted by Crippen LogP contribution is 2.09. The normalized spacial score (nSPS) is 19.5. The fraction of sp³-hybridized carbons (Fsp3) is 0.417. The summed E-state index contributed by atoms with van der Waals surface area (Å²) in [6.07, 6.45) is 0.369. The van der Waals surface area contributed by atoms with Gasteiger partial charge in [-0.1, -0.05) is 6.07 Å². The second kappa shape index (κ2) is 4.53. The molecule has 1 aliphatic rings. The van der Waals surface area contributed by atoms with Crippen molar-refractivity contribution in [3.8, 4) is 0 Å². The number of nitrogens with one attached hydrogen (secondary N) is 1. The lowest BCUT2D eigenvalue weighted by Crippen LogP contribution is -2.36. The van der Waals surface area contributed by atoms with Gasteiger partial charge in [-0.05, 0) is 19.1 Å². The van der Waals surface area contributed by atoms with Gasteiger partial charge in [0.05, 0.1) is 6.04 Å². The van der Waals surface area contributed by atoms with Crippen molar-refractivity contribution >= 4 is 11.8 Å². The maximum Gasteiger partial charge on any atom is 0.270 e. The van der Waals surface area contributed by atoms with E-state index in [1.165, 1.54) is 0 Å². The fourth-order valence-corrected chi connectivity index (χ4v) is 1.89. The summed E-state index contributed by atoms with van der Waals surface area (Å²) in [7, 11) is 1.74. The molecule has 0 aliphatic carbocycles. The molecule has 2 rings (SSSR count). The maximum absolute atomic E-state index is 11.9. The second-order valence-corrected chi connectivity index (χ2v) is 4.31. The molecule has 1 aromatic heterocycles. The number of carbonyl (C=O) groups is 2. The third-order valence-corrected chi connectivity index (χ3v) is 2.80. The van der Waals surface area contributed by atoms with Gasteiger partial charge in [-0.2, -0.15) is 0 Å². The quantitative estimate of drug-likeness (QED) is 0.801. The first-order valence-corrected chi connectivity index (χ1v) is 5.55. The van der Waals surface area contributed by atoms with Crippen molar-refractivity contribution in [2.24, 2.45) is 0 Å². The average Bonchev–Trinajstić information content (AvgIpc) is 2.58. The molecule has 1 aliphatic heterocycles. The summed E-state index contributed by atoms with van der Waals surface area (Å²) in [6.45, 7) is 2.40. The van der Waals surface area contributed by atoms with Crippen molar-refractivity contribution in [2.45, 2.75) is 19.4 Å². The van der Waals surface area contributed by atoms with Crippen LogP contribution in [0.1, 0.15) is 22.6 Å². The number of aryl methyl sites for hydroxylation is 1. The van der Waals surface area contributed by atoms with E-state index in [0.717, 1.165) is 5.69 Å². The molecule has 1 unspecified atom stereocenters. The Bertz CT molecular complexity index is 459. The highest BCUT2D eigenvalue weighted by atomic mass is 16.2. The molecule has 17 heavy (non-hydrogen) atoms. The van der Waals surface area contributed by atoms with Crippen LogP contribution in [0.3, 0.4) is 0 Å². The molecule has 2 heterocycles. The minimum absolute atomic E-state index is 0.0625. The highest BCUT2D eigenvalue weighted by Gasteiger charge is 2.28. The van der Waals surface area contributed by atoms with Gasteiger partial charge in [-0.25, -0.2) is 4.98 Å². The van der Waals surface area contributed by atoms with E-state index in [-0.39, 0.29) is 17.9 Å². The zero-order valence-electron chi connectivity index (χ0n) is 9.93. The van der Waals surface area contributed by atoms with Crippen molar-refractivity contribution in [1.29, 1.82) is 0 Å². The fourth-order valence-electron chi connectivity index (χ4n) is 1.89. The summed E-state index contributed by atoms with van der Waals surface area (Å²) in [4.78, 5) is 28.9. The van der Waals surface area contributed by atoms with Gasteiger partial charge in [0.2, 0.25) is 5.91 Å². The minimum Gasteiger partial charge on any atom is -0.346 e. The molecule has 0 radical (unpaired) electrons. The van der Waals surface area contributed by atoms with E-state index in [1.54, 1.807) is 24.1 Å². The van der Waals surface area contributed by atoms with Crippen LogP contribution in [-0.2, 0) is 4.79 Å². The van der Waals surface area contributed by atoms with Crippen LogP contribution in [0.25, 0.3) is 0 Å². The van der Waals surface area contributed by atoms with E-state index in [4.69, 9.17) is 0 Å². The summed E-state index contributed by atoms with van der Waals surface area (Å²) in [5, 5.41) is 2.82. The smallest absolute Gasteiger partial charge is 0.270 e. The Labute approximate surface area is 99.8 Å². The number of amides is 2. The van der Waals surface area contributed by atoms with Gasteiger partial charge >= 0.3 is 0 Å². The van der Waals surface area contributed by atoms with Crippen molar-refractivity contribution in [1.82, 2.24) is 15.2 Å². The van der Waals surface area contributed by atoms with Gasteiger partial charge in [0.25, 0.3) is 5.91 Å². The van der Waals surface area contributed by atoms with Crippen LogP contribution >= 0.6 is 0 Å². The van der Waals surface area contributed by atoms with Crippen LogP contribution in [0, 0.1) is 6.92 Å². The van der Waals surface area contributed by atoms with Crippen LogP contribution in [0.15, 0.2) is 18.2 Å². The molecular weight excluding hydrogens is 218 g/mol. The Morgan fingerprint density at radius 3 is 2.88 bits per heavy atom. The van der Waals surface area contributed by atoms with Crippen molar-refractivity contribution < 1.29 is 9.59 Å². The molecule has 0 bridgehead atoms. The lowest BCUT2D eigenvalue weighted by molar-refractivity contribution is -0.126. The molecule has 90 valence electrons. The summed E-state index contributed by atoms with van der Waals surface area (Å²) in [6, 6.07) is 5.19. The van der Waals surface area contributed by atoms with Gasteiger partial charge in [0, 0.05) is 25.7 Å². The van der Waals surface area contributed by atoms with Gasteiger partial charge in [-0.15, -0.1) is 0 Å². The maximum atomic E-state index is 11.9. The lowest BCUT2D eigenvalue weighted by Gasteiger charge is -2.12. The standard InChI is InChI=1S/C12H15N3O2/c1-8-4-3-5-10(13-8)12(17)14-9-6-11(16)15(2)7-9/h3-5,9H,6-7H2,1-2H3,(H,14,17). The number of aromatic nitrogens is 1. The molecule has 1 fully saturated rings. The van der Waals surface area contributed by atoms with E-state index >= 15 is 0 Å². The SMILES string of the molecule is Cc1cccc(C(=O)NC2CC(=O)N(C)C2)n1. The number of pyridine rings is 1. The van der Waals surface area contributed by atoms with E-state index in [2.05, 4.69) is 10.3 Å². The number of hydrogen-bond acceptors (Lipinski definition) is 3. The first-order chi connectivity index (χ1) is 8.06. The monoisotopic (exact) mass is 233 g/mol. The Morgan fingerprint density at radius 2 is 2.29 bits per heavy atom. The second-order valence-electron chi connectivity index (χ2n) is 4.31. The van der Waals surface area contributed by atoms with Gasteiger partial charge < -0.3 is 10.2 Å². The molecule has 1 saturated heterocycles. The molecule has 5 nitrogen and oxygen atoms in total. The Morgan fingerprint density at radius 1 is 1.53 bits per heavy atom. The van der Waals surface area contributed by atoms with Crippen LogP contribution in [0.2, 0.25) is 0 Å².